The average molecular weight is 306 g/mol. The summed E-state index contributed by atoms with van der Waals surface area (Å²) < 4.78 is 10.2. The van der Waals surface area contributed by atoms with Gasteiger partial charge in [-0.3, -0.25) is 9.69 Å². The monoisotopic (exact) mass is 306 g/mol. The van der Waals surface area contributed by atoms with E-state index in [2.05, 4.69) is 15.0 Å². The minimum absolute atomic E-state index is 0.223. The molecular formula is C14H18N4O4. The third-order valence-corrected chi connectivity index (χ3v) is 3.65. The van der Waals surface area contributed by atoms with Gasteiger partial charge in [-0.2, -0.15) is 4.98 Å². The molecule has 0 bridgehead atoms. The fourth-order valence-electron chi connectivity index (χ4n) is 2.41. The van der Waals surface area contributed by atoms with E-state index >= 15 is 0 Å². The molecule has 1 saturated heterocycles. The molecule has 0 aromatic carbocycles. The van der Waals surface area contributed by atoms with E-state index < -0.39 is 6.10 Å². The summed E-state index contributed by atoms with van der Waals surface area (Å²) in [4.78, 5) is 19.8. The topological polar surface area (TPSA) is 95.8 Å². The van der Waals surface area contributed by atoms with Crippen LogP contribution in [0.2, 0.25) is 0 Å². The number of rotatable bonds is 4. The summed E-state index contributed by atoms with van der Waals surface area (Å²) >= 11 is 0. The lowest BCUT2D eigenvalue weighted by Crippen LogP contribution is -2.50. The summed E-state index contributed by atoms with van der Waals surface area (Å²) in [5.74, 6) is 0.817. The van der Waals surface area contributed by atoms with Gasteiger partial charge < -0.3 is 18.9 Å². The van der Waals surface area contributed by atoms with Crippen molar-refractivity contribution in [2.45, 2.75) is 19.6 Å². The summed E-state index contributed by atoms with van der Waals surface area (Å²) in [6.07, 6.45) is 2.18. The number of aromatic nitrogens is 2. The fraction of sp³-hybridized carbons (Fsp3) is 0.500. The summed E-state index contributed by atoms with van der Waals surface area (Å²) in [5, 5.41) is 13.2. The predicted molar refractivity (Wildman–Crippen MR) is 75.5 cm³/mol. The van der Waals surface area contributed by atoms with Crippen LogP contribution in [-0.2, 0) is 11.3 Å². The smallest absolute Gasteiger partial charge is 0.251 e. The molecule has 8 nitrogen and oxygen atoms in total. The van der Waals surface area contributed by atoms with Gasteiger partial charge >= 0.3 is 0 Å². The Morgan fingerprint density at radius 1 is 1.41 bits per heavy atom. The molecule has 1 atom stereocenters. The Labute approximate surface area is 127 Å². The SMILES string of the molecule is CC(O)C(=O)N1CCN(Cc2nc(-c3ccoc3)no2)CC1. The van der Waals surface area contributed by atoms with Crippen LogP contribution >= 0.6 is 0 Å². The first-order valence-electron chi connectivity index (χ1n) is 7.18. The minimum Gasteiger partial charge on any atom is -0.472 e. The zero-order valence-electron chi connectivity index (χ0n) is 12.3. The number of aliphatic hydroxyl groups is 1. The van der Waals surface area contributed by atoms with E-state index in [1.807, 2.05) is 0 Å². The van der Waals surface area contributed by atoms with Crippen molar-refractivity contribution in [2.24, 2.45) is 0 Å². The summed E-state index contributed by atoms with van der Waals surface area (Å²) in [7, 11) is 0. The maximum Gasteiger partial charge on any atom is 0.251 e. The molecule has 3 rings (SSSR count). The van der Waals surface area contributed by atoms with E-state index in [0.29, 0.717) is 44.4 Å². The molecule has 2 aromatic rings. The second-order valence-corrected chi connectivity index (χ2v) is 5.30. The fourth-order valence-corrected chi connectivity index (χ4v) is 2.41. The van der Waals surface area contributed by atoms with Crippen LogP contribution in [0.3, 0.4) is 0 Å². The van der Waals surface area contributed by atoms with Crippen molar-refractivity contribution < 1.29 is 18.8 Å². The lowest BCUT2D eigenvalue weighted by atomic mass is 10.2. The Balaban J connectivity index is 1.54. The van der Waals surface area contributed by atoms with Crippen LogP contribution in [0.15, 0.2) is 27.5 Å². The molecule has 1 N–H and O–H groups in total. The molecule has 1 fully saturated rings. The predicted octanol–water partition coefficient (Wildman–Crippen LogP) is 0.355. The van der Waals surface area contributed by atoms with Crippen LogP contribution < -0.4 is 0 Å². The minimum atomic E-state index is -0.944. The van der Waals surface area contributed by atoms with Crippen LogP contribution in [0.4, 0.5) is 0 Å². The van der Waals surface area contributed by atoms with Gasteiger partial charge in [-0.1, -0.05) is 5.16 Å². The van der Waals surface area contributed by atoms with Crippen molar-refractivity contribution in [1.29, 1.82) is 0 Å². The van der Waals surface area contributed by atoms with Crippen LogP contribution in [-0.4, -0.2) is 63.2 Å². The maximum atomic E-state index is 11.7. The van der Waals surface area contributed by atoms with Gasteiger partial charge in [0.1, 0.15) is 12.4 Å². The molecule has 0 spiro atoms. The molecule has 1 amide bonds. The summed E-state index contributed by atoms with van der Waals surface area (Å²) in [5.41, 5.74) is 0.780. The first kappa shape index (κ1) is 14.7. The highest BCUT2D eigenvalue weighted by Gasteiger charge is 2.24. The quantitative estimate of drug-likeness (QED) is 0.871. The number of hydrogen-bond donors (Lipinski definition) is 1. The first-order valence-corrected chi connectivity index (χ1v) is 7.18. The number of nitrogens with zero attached hydrogens (tertiary/aromatic N) is 4. The van der Waals surface area contributed by atoms with Crippen molar-refractivity contribution in [2.75, 3.05) is 26.2 Å². The Hall–Kier alpha value is -2.19. The molecule has 22 heavy (non-hydrogen) atoms. The lowest BCUT2D eigenvalue weighted by Gasteiger charge is -2.34. The zero-order chi connectivity index (χ0) is 15.5. The molecule has 1 aliphatic rings. The van der Waals surface area contributed by atoms with Crippen LogP contribution in [0.25, 0.3) is 11.4 Å². The first-order chi connectivity index (χ1) is 10.6. The molecule has 8 heteroatoms. The Kier molecular flexibility index (Phi) is 4.21. The van der Waals surface area contributed by atoms with Gasteiger partial charge in [0.25, 0.3) is 5.91 Å². The molecule has 2 aromatic heterocycles. The third-order valence-electron chi connectivity index (χ3n) is 3.65. The van der Waals surface area contributed by atoms with Gasteiger partial charge in [0.05, 0.1) is 18.4 Å². The number of aliphatic hydroxyl groups excluding tert-OH is 1. The molecular weight excluding hydrogens is 288 g/mol. The number of furan rings is 1. The highest BCUT2D eigenvalue weighted by atomic mass is 16.5. The van der Waals surface area contributed by atoms with Crippen molar-refractivity contribution in [1.82, 2.24) is 19.9 Å². The second kappa shape index (κ2) is 6.29. The van der Waals surface area contributed by atoms with Crippen LogP contribution in [0.5, 0.6) is 0 Å². The lowest BCUT2D eigenvalue weighted by molar-refractivity contribution is -0.141. The number of carbonyl (C=O) groups excluding carboxylic acids is 1. The number of amides is 1. The second-order valence-electron chi connectivity index (χ2n) is 5.30. The van der Waals surface area contributed by atoms with Crippen molar-refractivity contribution in [3.05, 3.63) is 24.5 Å². The zero-order valence-corrected chi connectivity index (χ0v) is 12.3. The molecule has 0 saturated carbocycles. The van der Waals surface area contributed by atoms with E-state index in [1.165, 1.54) is 6.92 Å². The van der Waals surface area contributed by atoms with Gasteiger partial charge in [-0.05, 0) is 13.0 Å². The van der Waals surface area contributed by atoms with Crippen LogP contribution in [0, 0.1) is 0 Å². The average Bonchev–Trinajstić information content (AvgIpc) is 3.18. The van der Waals surface area contributed by atoms with E-state index in [-0.39, 0.29) is 5.91 Å². The number of carbonyl (C=O) groups is 1. The maximum absolute atomic E-state index is 11.7. The van der Waals surface area contributed by atoms with E-state index in [4.69, 9.17) is 8.94 Å². The Morgan fingerprint density at radius 3 is 2.82 bits per heavy atom. The molecule has 1 unspecified atom stereocenters. The van der Waals surface area contributed by atoms with Gasteiger partial charge in [0, 0.05) is 26.2 Å². The van der Waals surface area contributed by atoms with E-state index in [9.17, 15) is 9.90 Å². The van der Waals surface area contributed by atoms with Gasteiger partial charge in [0.2, 0.25) is 11.7 Å². The molecule has 0 aliphatic carbocycles. The van der Waals surface area contributed by atoms with Crippen molar-refractivity contribution in [3.8, 4) is 11.4 Å². The van der Waals surface area contributed by atoms with Crippen LogP contribution in [0.1, 0.15) is 12.8 Å². The van der Waals surface area contributed by atoms with Gasteiger partial charge in [-0.25, -0.2) is 0 Å². The Bertz CT molecular complexity index is 615. The molecule has 118 valence electrons. The van der Waals surface area contributed by atoms with E-state index in [1.54, 1.807) is 23.5 Å². The largest absolute Gasteiger partial charge is 0.472 e. The number of piperazine rings is 1. The third kappa shape index (κ3) is 3.18. The molecule has 0 radical (unpaired) electrons. The number of hydrogen-bond acceptors (Lipinski definition) is 7. The standard InChI is InChI=1S/C14H18N4O4/c1-10(19)14(20)18-5-3-17(4-6-18)8-12-15-13(16-22-12)11-2-7-21-9-11/h2,7,9-10,19H,3-6,8H2,1H3. The molecule has 1 aliphatic heterocycles. The van der Waals surface area contributed by atoms with Gasteiger partial charge in [0.15, 0.2) is 0 Å². The van der Waals surface area contributed by atoms with Gasteiger partial charge in [-0.15, -0.1) is 0 Å². The summed E-state index contributed by atoms with van der Waals surface area (Å²) in [6, 6.07) is 1.77. The van der Waals surface area contributed by atoms with Crippen molar-refractivity contribution in [3.63, 3.8) is 0 Å². The Morgan fingerprint density at radius 2 is 2.18 bits per heavy atom. The van der Waals surface area contributed by atoms with Crippen molar-refractivity contribution >= 4 is 5.91 Å². The highest BCUT2D eigenvalue weighted by molar-refractivity contribution is 5.80. The van der Waals surface area contributed by atoms with E-state index in [0.717, 1.165) is 5.56 Å². The highest BCUT2D eigenvalue weighted by Crippen LogP contribution is 2.17. The normalized spacial score (nSPS) is 17.6. The summed E-state index contributed by atoms with van der Waals surface area (Å²) in [6.45, 7) is 4.63. The molecule has 3 heterocycles.